The zero-order valence-corrected chi connectivity index (χ0v) is 15.4. The molecule has 0 bridgehead atoms. The number of terminal acetylenes is 1. The van der Waals surface area contributed by atoms with E-state index in [0.717, 1.165) is 0 Å². The Balaban J connectivity index is 2.86. The van der Waals surface area contributed by atoms with Gasteiger partial charge in [0.1, 0.15) is 24.3 Å². The molecule has 8 heteroatoms. The summed E-state index contributed by atoms with van der Waals surface area (Å²) in [5, 5.41) is 30.0. The summed E-state index contributed by atoms with van der Waals surface area (Å²) in [6.45, 7) is 1.10. The molecule has 3 N–H and O–H groups in total. The lowest BCUT2D eigenvalue weighted by Gasteiger charge is -2.28. The van der Waals surface area contributed by atoms with Crippen molar-refractivity contribution in [2.45, 2.75) is 35.6 Å². The first-order chi connectivity index (χ1) is 11.4. The second-order valence-corrected chi connectivity index (χ2v) is 6.93. The summed E-state index contributed by atoms with van der Waals surface area (Å²) < 4.78 is 10.8. The van der Waals surface area contributed by atoms with E-state index in [-0.39, 0.29) is 13.2 Å². The second-order valence-electron chi connectivity index (χ2n) is 4.95. The number of halogens is 2. The number of aliphatic hydroxyl groups excluding tert-OH is 3. The van der Waals surface area contributed by atoms with E-state index < -0.39 is 30.4 Å². The quantitative estimate of drug-likeness (QED) is 0.244. The molecule has 24 heavy (non-hydrogen) atoms. The summed E-state index contributed by atoms with van der Waals surface area (Å²) in [6.07, 6.45) is 2.30. The number of aliphatic hydroxyl groups is 3. The number of hydrogen-bond acceptors (Lipinski definition) is 6. The maximum Gasteiger partial charge on any atom is 0.136 e. The predicted octanol–water partition coefficient (Wildman–Crippen LogP) is 2.18. The van der Waals surface area contributed by atoms with Crippen LogP contribution in [-0.4, -0.2) is 58.9 Å². The third-order valence-electron chi connectivity index (χ3n) is 2.96. The molecule has 0 aliphatic heterocycles. The molecule has 1 rings (SSSR count). The molecule has 0 heterocycles. The molecular formula is C16H20Cl2O5S. The van der Waals surface area contributed by atoms with Gasteiger partial charge in [0, 0.05) is 4.90 Å². The number of thioether (sulfide) groups is 1. The first kappa shape index (κ1) is 21.6. The van der Waals surface area contributed by atoms with E-state index in [9.17, 15) is 15.3 Å². The Morgan fingerprint density at radius 3 is 2.54 bits per heavy atom. The Kier molecular flexibility index (Phi) is 10.0. The minimum absolute atomic E-state index is 0.0544. The third-order valence-corrected chi connectivity index (χ3v) is 4.88. The molecule has 0 spiro atoms. The van der Waals surface area contributed by atoms with E-state index in [2.05, 4.69) is 5.92 Å². The molecule has 5 nitrogen and oxygen atoms in total. The number of hydrogen-bond donors (Lipinski definition) is 3. The van der Waals surface area contributed by atoms with Gasteiger partial charge in [-0.2, -0.15) is 0 Å². The van der Waals surface area contributed by atoms with Gasteiger partial charge in [-0.1, -0.05) is 40.9 Å². The van der Waals surface area contributed by atoms with E-state index in [4.69, 9.17) is 39.1 Å². The highest BCUT2D eigenvalue weighted by Crippen LogP contribution is 2.32. The van der Waals surface area contributed by atoms with Gasteiger partial charge >= 0.3 is 0 Å². The van der Waals surface area contributed by atoms with Crippen LogP contribution in [0.1, 0.15) is 6.92 Å². The number of benzene rings is 1. The molecule has 0 saturated carbocycles. The van der Waals surface area contributed by atoms with Gasteiger partial charge in [-0.25, -0.2) is 0 Å². The molecule has 0 fully saturated rings. The van der Waals surface area contributed by atoms with E-state index in [0.29, 0.717) is 14.9 Å². The maximum atomic E-state index is 10.3. The number of rotatable bonds is 10. The van der Waals surface area contributed by atoms with Crippen LogP contribution < -0.4 is 0 Å². The van der Waals surface area contributed by atoms with Crippen molar-refractivity contribution in [3.63, 3.8) is 0 Å². The Hall–Kier alpha value is -0.490. The highest BCUT2D eigenvalue weighted by Gasteiger charge is 2.27. The van der Waals surface area contributed by atoms with Gasteiger partial charge < -0.3 is 24.8 Å². The molecule has 4 atom stereocenters. The minimum atomic E-state index is -1.04. The molecule has 0 aliphatic carbocycles. The normalized spacial score (nSPS) is 16.2. The van der Waals surface area contributed by atoms with Crippen molar-refractivity contribution in [2.24, 2.45) is 0 Å². The summed E-state index contributed by atoms with van der Waals surface area (Å²) in [5.74, 6) is 2.30. The molecule has 0 amide bonds. The van der Waals surface area contributed by atoms with Crippen LogP contribution in [0, 0.1) is 12.3 Å². The largest absolute Gasteiger partial charge is 0.394 e. The van der Waals surface area contributed by atoms with Crippen LogP contribution in [0.25, 0.3) is 0 Å². The summed E-state index contributed by atoms with van der Waals surface area (Å²) in [6, 6.07) is 4.99. The van der Waals surface area contributed by atoms with E-state index in [1.54, 1.807) is 18.2 Å². The van der Waals surface area contributed by atoms with Crippen LogP contribution >= 0.6 is 35.0 Å². The van der Waals surface area contributed by atoms with Gasteiger partial charge in [-0.3, -0.25) is 0 Å². The summed E-state index contributed by atoms with van der Waals surface area (Å²) in [7, 11) is 0. The fraction of sp³-hybridized carbons (Fsp3) is 0.500. The Labute approximate surface area is 155 Å². The average molecular weight is 395 g/mol. The smallest absolute Gasteiger partial charge is 0.136 e. The Bertz CT molecular complexity index is 550. The number of ether oxygens (including phenoxy) is 2. The lowest BCUT2D eigenvalue weighted by Crippen LogP contribution is -2.39. The van der Waals surface area contributed by atoms with Crippen LogP contribution in [0.5, 0.6) is 0 Å². The van der Waals surface area contributed by atoms with E-state index in [1.807, 2.05) is 0 Å². The standard InChI is InChI=1S/C16H20Cl2O5S/c1-3-6-22-9-14(21)16(23-15(8-19)10(2)20)24-11-4-5-12(17)13(18)7-11/h1,4-5,7,10,14-16,19-21H,6,8-9H2,2H3. The predicted molar refractivity (Wildman–Crippen MR) is 95.4 cm³/mol. The molecular weight excluding hydrogens is 375 g/mol. The van der Waals surface area contributed by atoms with Crippen molar-refractivity contribution in [1.29, 1.82) is 0 Å². The molecule has 0 radical (unpaired) electrons. The highest BCUT2D eigenvalue weighted by molar-refractivity contribution is 7.99. The fourth-order valence-corrected chi connectivity index (χ4v) is 3.08. The Morgan fingerprint density at radius 1 is 1.29 bits per heavy atom. The van der Waals surface area contributed by atoms with Crippen molar-refractivity contribution in [3.05, 3.63) is 28.2 Å². The zero-order chi connectivity index (χ0) is 18.1. The molecule has 1 aromatic rings. The topological polar surface area (TPSA) is 79.2 Å². The van der Waals surface area contributed by atoms with Crippen LogP contribution in [0.15, 0.2) is 23.1 Å². The minimum Gasteiger partial charge on any atom is -0.394 e. The van der Waals surface area contributed by atoms with E-state index in [1.165, 1.54) is 18.7 Å². The molecule has 134 valence electrons. The fourth-order valence-electron chi connectivity index (χ4n) is 1.68. The van der Waals surface area contributed by atoms with Crippen molar-refractivity contribution < 1.29 is 24.8 Å². The lowest BCUT2D eigenvalue weighted by molar-refractivity contribution is -0.106. The van der Waals surface area contributed by atoms with Gasteiger partial charge in [-0.15, -0.1) is 6.42 Å². The zero-order valence-electron chi connectivity index (χ0n) is 13.1. The van der Waals surface area contributed by atoms with Gasteiger partial charge in [0.05, 0.1) is 29.4 Å². The molecule has 0 aromatic heterocycles. The molecule has 1 aromatic carbocycles. The molecule has 4 unspecified atom stereocenters. The molecule has 0 saturated heterocycles. The van der Waals surface area contributed by atoms with Crippen molar-refractivity contribution in [3.8, 4) is 12.3 Å². The summed E-state index contributed by atoms with van der Waals surface area (Å²) >= 11 is 13.0. The van der Waals surface area contributed by atoms with Gasteiger partial charge in [0.25, 0.3) is 0 Å². The lowest BCUT2D eigenvalue weighted by atomic mass is 10.2. The third kappa shape index (κ3) is 7.18. The van der Waals surface area contributed by atoms with Crippen LogP contribution in [-0.2, 0) is 9.47 Å². The second kappa shape index (κ2) is 11.2. The van der Waals surface area contributed by atoms with Crippen LogP contribution in [0.3, 0.4) is 0 Å². The molecule has 0 aliphatic rings. The van der Waals surface area contributed by atoms with Crippen molar-refractivity contribution in [2.75, 3.05) is 19.8 Å². The van der Waals surface area contributed by atoms with Gasteiger partial charge in [0.15, 0.2) is 0 Å². The van der Waals surface area contributed by atoms with Crippen LogP contribution in [0.2, 0.25) is 10.0 Å². The maximum absolute atomic E-state index is 10.3. The van der Waals surface area contributed by atoms with Gasteiger partial charge in [0.2, 0.25) is 0 Å². The average Bonchev–Trinajstić information content (AvgIpc) is 2.54. The monoisotopic (exact) mass is 394 g/mol. The summed E-state index contributed by atoms with van der Waals surface area (Å²) in [4.78, 5) is 0.702. The highest BCUT2D eigenvalue weighted by atomic mass is 35.5. The first-order valence-corrected chi connectivity index (χ1v) is 8.78. The van der Waals surface area contributed by atoms with E-state index >= 15 is 0 Å². The first-order valence-electron chi connectivity index (χ1n) is 7.14. The van der Waals surface area contributed by atoms with Crippen molar-refractivity contribution >= 4 is 35.0 Å². The summed E-state index contributed by atoms with van der Waals surface area (Å²) in [5.41, 5.74) is -0.813. The Morgan fingerprint density at radius 2 is 2.00 bits per heavy atom. The van der Waals surface area contributed by atoms with Crippen LogP contribution in [0.4, 0.5) is 0 Å². The SMILES string of the molecule is C#CCOCC(O)C(OC(CO)C(C)O)Sc1ccc(Cl)c(Cl)c1. The van der Waals surface area contributed by atoms with Gasteiger partial charge in [-0.05, 0) is 25.1 Å². The van der Waals surface area contributed by atoms with Crippen molar-refractivity contribution in [1.82, 2.24) is 0 Å².